The summed E-state index contributed by atoms with van der Waals surface area (Å²) in [6.45, 7) is 8.98. The summed E-state index contributed by atoms with van der Waals surface area (Å²) in [5.41, 5.74) is 1.67. The zero-order valence-electron chi connectivity index (χ0n) is 23.5. The van der Waals surface area contributed by atoms with Crippen molar-refractivity contribution in [2.24, 2.45) is 0 Å². The number of hydrogen-bond acceptors (Lipinski definition) is 8. The second-order valence-electron chi connectivity index (χ2n) is 11.0. The molecule has 2 N–H and O–H groups in total. The SMILES string of the molecule is Cc1ccc(-c2nc(-c3ccc(CC(NC(=O)CN4CCN(C(=O)OC(C)(C)C)CC4)C(=O)O)cc3F)no2)cc1. The Bertz CT molecular complexity index is 1390. The van der Waals surface area contributed by atoms with Crippen LogP contribution in [0.5, 0.6) is 0 Å². The van der Waals surface area contributed by atoms with Gasteiger partial charge in [0.25, 0.3) is 5.89 Å². The van der Waals surface area contributed by atoms with E-state index in [4.69, 9.17) is 9.26 Å². The van der Waals surface area contributed by atoms with Gasteiger partial charge in [-0.1, -0.05) is 28.9 Å². The van der Waals surface area contributed by atoms with Crippen LogP contribution in [0.2, 0.25) is 0 Å². The molecule has 0 aliphatic carbocycles. The third kappa shape index (κ3) is 8.10. The van der Waals surface area contributed by atoms with Crippen molar-refractivity contribution in [3.05, 3.63) is 59.4 Å². The number of carboxylic acid groups (broad SMARTS) is 1. The van der Waals surface area contributed by atoms with Crippen LogP contribution in [0.3, 0.4) is 0 Å². The van der Waals surface area contributed by atoms with Crippen LogP contribution in [0.25, 0.3) is 22.8 Å². The third-order valence-electron chi connectivity index (χ3n) is 6.46. The maximum Gasteiger partial charge on any atom is 0.410 e. The highest BCUT2D eigenvalue weighted by Gasteiger charge is 2.28. The minimum atomic E-state index is -1.26. The molecule has 1 fully saturated rings. The molecule has 0 saturated carbocycles. The molecule has 12 heteroatoms. The van der Waals surface area contributed by atoms with E-state index in [9.17, 15) is 19.5 Å². The van der Waals surface area contributed by atoms with E-state index in [1.165, 1.54) is 12.1 Å². The highest BCUT2D eigenvalue weighted by Crippen LogP contribution is 2.25. The Balaban J connectivity index is 1.32. The summed E-state index contributed by atoms with van der Waals surface area (Å²) in [7, 11) is 0. The summed E-state index contributed by atoms with van der Waals surface area (Å²) in [6.07, 6.45) is -0.525. The number of piperazine rings is 1. The van der Waals surface area contributed by atoms with Crippen molar-refractivity contribution in [3.8, 4) is 22.8 Å². The van der Waals surface area contributed by atoms with Gasteiger partial charge in [-0.3, -0.25) is 9.69 Å². The van der Waals surface area contributed by atoms with E-state index in [2.05, 4.69) is 15.5 Å². The highest BCUT2D eigenvalue weighted by molar-refractivity contribution is 5.85. The van der Waals surface area contributed by atoms with Crippen molar-refractivity contribution in [1.82, 2.24) is 25.3 Å². The van der Waals surface area contributed by atoms with Crippen molar-refractivity contribution >= 4 is 18.0 Å². The molecule has 11 nitrogen and oxygen atoms in total. The normalized spacial score (nSPS) is 14.9. The first-order valence-corrected chi connectivity index (χ1v) is 13.3. The number of aromatic nitrogens is 2. The maximum absolute atomic E-state index is 15.0. The number of halogens is 1. The molecule has 218 valence electrons. The van der Waals surface area contributed by atoms with Crippen molar-refractivity contribution in [2.45, 2.75) is 45.8 Å². The standard InChI is InChI=1S/C29H34FN5O6/c1-18-5-8-20(9-6-18)26-32-25(33-41-26)21-10-7-19(15-22(21)30)16-23(27(37)38)31-24(36)17-34-11-13-35(14-12-34)28(39)40-29(2,3)4/h5-10,15,23H,11-14,16-17H2,1-4H3,(H,31,36)(H,37,38). The smallest absolute Gasteiger partial charge is 0.410 e. The number of aryl methyl sites for hydroxylation is 1. The quantitative estimate of drug-likeness (QED) is 0.419. The van der Waals surface area contributed by atoms with Gasteiger partial charge in [0.15, 0.2) is 0 Å². The topological polar surface area (TPSA) is 138 Å². The molecule has 0 bridgehead atoms. The second kappa shape index (κ2) is 12.5. The van der Waals surface area contributed by atoms with E-state index in [1.807, 2.05) is 36.1 Å². The molecule has 2 amide bonds. The monoisotopic (exact) mass is 567 g/mol. The Morgan fingerprint density at radius 3 is 2.39 bits per heavy atom. The number of ether oxygens (including phenoxy) is 1. The van der Waals surface area contributed by atoms with Crippen molar-refractivity contribution in [1.29, 1.82) is 0 Å². The van der Waals surface area contributed by atoms with Gasteiger partial charge in [-0.15, -0.1) is 0 Å². The molecule has 1 aliphatic rings. The molecule has 1 unspecified atom stereocenters. The van der Waals surface area contributed by atoms with Crippen molar-refractivity contribution in [2.75, 3.05) is 32.7 Å². The van der Waals surface area contributed by atoms with Gasteiger partial charge in [0.1, 0.15) is 17.5 Å². The minimum Gasteiger partial charge on any atom is -0.480 e. The zero-order chi connectivity index (χ0) is 29.7. The second-order valence-corrected chi connectivity index (χ2v) is 11.0. The van der Waals surface area contributed by atoms with E-state index in [0.717, 1.165) is 5.56 Å². The van der Waals surface area contributed by atoms with Crippen LogP contribution < -0.4 is 5.32 Å². The van der Waals surface area contributed by atoms with Gasteiger partial charge in [0, 0.05) is 38.2 Å². The van der Waals surface area contributed by atoms with Crippen LogP contribution in [0.4, 0.5) is 9.18 Å². The number of aliphatic carboxylic acids is 1. The largest absolute Gasteiger partial charge is 0.480 e. The number of hydrogen-bond donors (Lipinski definition) is 2. The van der Waals surface area contributed by atoms with Gasteiger partial charge < -0.3 is 24.6 Å². The molecule has 1 saturated heterocycles. The van der Waals surface area contributed by atoms with E-state index in [1.54, 1.807) is 31.7 Å². The molecular weight excluding hydrogens is 533 g/mol. The fourth-order valence-electron chi connectivity index (χ4n) is 4.31. The molecule has 1 atom stereocenters. The number of amides is 2. The number of carbonyl (C=O) groups is 3. The molecule has 0 spiro atoms. The van der Waals surface area contributed by atoms with Gasteiger partial charge in [-0.25, -0.2) is 14.0 Å². The van der Waals surface area contributed by atoms with E-state index in [0.29, 0.717) is 37.3 Å². The number of nitrogens with zero attached hydrogens (tertiary/aromatic N) is 4. The van der Waals surface area contributed by atoms with Crippen LogP contribution in [0.1, 0.15) is 31.9 Å². The number of benzene rings is 2. The Morgan fingerprint density at radius 2 is 1.78 bits per heavy atom. The maximum atomic E-state index is 15.0. The fraction of sp³-hybridized carbons (Fsp3) is 0.414. The molecule has 3 aromatic rings. The molecule has 4 rings (SSSR count). The first-order valence-electron chi connectivity index (χ1n) is 13.3. The van der Waals surface area contributed by atoms with Crippen LogP contribution >= 0.6 is 0 Å². The average Bonchev–Trinajstić information content (AvgIpc) is 3.38. The predicted molar refractivity (Wildman–Crippen MR) is 147 cm³/mol. The molecule has 1 aliphatic heterocycles. The van der Waals surface area contributed by atoms with Crippen molar-refractivity contribution in [3.63, 3.8) is 0 Å². The highest BCUT2D eigenvalue weighted by atomic mass is 19.1. The van der Waals surface area contributed by atoms with E-state index < -0.39 is 35.4 Å². The van der Waals surface area contributed by atoms with E-state index >= 15 is 4.39 Å². The minimum absolute atomic E-state index is 0.0274. The fourth-order valence-corrected chi connectivity index (χ4v) is 4.31. The van der Waals surface area contributed by atoms with E-state index in [-0.39, 0.29) is 30.2 Å². The number of rotatable bonds is 8. The van der Waals surface area contributed by atoms with Crippen LogP contribution in [0.15, 0.2) is 47.0 Å². The molecule has 2 heterocycles. The summed E-state index contributed by atoms with van der Waals surface area (Å²) in [6, 6.07) is 10.4. The molecule has 1 aromatic heterocycles. The Hall–Kier alpha value is -4.32. The lowest BCUT2D eigenvalue weighted by molar-refractivity contribution is -0.142. The number of carbonyl (C=O) groups excluding carboxylic acids is 2. The molecule has 2 aromatic carbocycles. The van der Waals surface area contributed by atoms with Crippen molar-refractivity contribution < 1.29 is 33.1 Å². The summed E-state index contributed by atoms with van der Waals surface area (Å²) in [4.78, 5) is 44.5. The Labute approximate surface area is 237 Å². The van der Waals surface area contributed by atoms with Gasteiger partial charge in [-0.2, -0.15) is 4.98 Å². The first-order chi connectivity index (χ1) is 19.4. The average molecular weight is 568 g/mol. The van der Waals surface area contributed by atoms with Crippen LogP contribution in [-0.2, 0) is 20.7 Å². The lowest BCUT2D eigenvalue weighted by atomic mass is 10.0. The lowest BCUT2D eigenvalue weighted by Crippen LogP contribution is -2.53. The summed E-state index contributed by atoms with van der Waals surface area (Å²) < 4.78 is 25.7. The summed E-state index contributed by atoms with van der Waals surface area (Å²) >= 11 is 0. The number of nitrogens with one attached hydrogen (secondary N) is 1. The Morgan fingerprint density at radius 1 is 1.10 bits per heavy atom. The van der Waals surface area contributed by atoms with Gasteiger partial charge in [-0.05, 0) is 57.5 Å². The third-order valence-corrected chi connectivity index (χ3v) is 6.46. The van der Waals surface area contributed by atoms with Gasteiger partial charge in [0.05, 0.1) is 12.1 Å². The summed E-state index contributed by atoms with van der Waals surface area (Å²) in [5.74, 6) is -2.03. The Kier molecular flexibility index (Phi) is 9.01. The van der Waals surface area contributed by atoms with Gasteiger partial charge in [0.2, 0.25) is 11.7 Å². The predicted octanol–water partition coefficient (Wildman–Crippen LogP) is 3.52. The first kappa shape index (κ1) is 29.7. The lowest BCUT2D eigenvalue weighted by Gasteiger charge is -2.35. The molecule has 0 radical (unpaired) electrons. The molecule has 41 heavy (non-hydrogen) atoms. The molecular formula is C29H34FN5O6. The van der Waals surface area contributed by atoms with Crippen LogP contribution in [-0.4, -0.2) is 87.4 Å². The zero-order valence-corrected chi connectivity index (χ0v) is 23.5. The van der Waals surface area contributed by atoms with Crippen LogP contribution in [0, 0.1) is 12.7 Å². The van der Waals surface area contributed by atoms with Gasteiger partial charge >= 0.3 is 12.1 Å². The summed E-state index contributed by atoms with van der Waals surface area (Å²) in [5, 5.41) is 16.1. The number of carboxylic acids is 1.